The Labute approximate surface area is 81.3 Å². The van der Waals surface area contributed by atoms with Crippen molar-refractivity contribution in [3.8, 4) is 0 Å². The van der Waals surface area contributed by atoms with Crippen LogP contribution in [0, 0.1) is 10.1 Å². The van der Waals surface area contributed by atoms with Crippen LogP contribution in [0.5, 0.6) is 0 Å². The van der Waals surface area contributed by atoms with Gasteiger partial charge in [-0.3, -0.25) is 0 Å². The predicted octanol–water partition coefficient (Wildman–Crippen LogP) is 0.713. The Morgan fingerprint density at radius 3 is 2.60 bits per heavy atom. The number of H-pyrrole nitrogens is 1. The number of alkyl halides is 2. The topological polar surface area (TPSA) is 96.2 Å². The third-order valence-electron chi connectivity index (χ3n) is 1.75. The van der Waals surface area contributed by atoms with Gasteiger partial charge in [0.05, 0.1) is 12.2 Å². The van der Waals surface area contributed by atoms with Crippen molar-refractivity contribution in [1.82, 2.24) is 4.98 Å². The average Bonchev–Trinajstić information content (AvgIpc) is 2.16. The first-order chi connectivity index (χ1) is 6.97. The molecule has 1 rings (SSSR count). The zero-order valence-electron chi connectivity index (χ0n) is 7.24. The molecule has 0 fully saturated rings. The number of aliphatic hydroxyl groups excluding tert-OH is 1. The number of rotatable bonds is 3. The molecular formula is C7H6F2N2O4. The molecule has 0 radical (unpaired) electrons. The largest absolute Gasteiger partial charge is 0.391 e. The number of nitrogens with zero attached hydrogens (tertiary/aromatic N) is 1. The van der Waals surface area contributed by atoms with Gasteiger partial charge in [-0.2, -0.15) is 0 Å². The molecule has 0 aromatic carbocycles. The number of nitro groups is 1. The van der Waals surface area contributed by atoms with Crippen LogP contribution in [0.25, 0.3) is 0 Å². The maximum atomic E-state index is 12.4. The average molecular weight is 220 g/mol. The van der Waals surface area contributed by atoms with Gasteiger partial charge in [0, 0.05) is 11.6 Å². The molecule has 0 bridgehead atoms. The van der Waals surface area contributed by atoms with Crippen molar-refractivity contribution < 1.29 is 18.8 Å². The minimum Gasteiger partial charge on any atom is -0.391 e. The van der Waals surface area contributed by atoms with E-state index in [2.05, 4.69) is 0 Å². The molecule has 0 saturated carbocycles. The van der Waals surface area contributed by atoms with Crippen molar-refractivity contribution in [3.05, 3.63) is 37.7 Å². The van der Waals surface area contributed by atoms with Gasteiger partial charge in [0.2, 0.25) is 0 Å². The zero-order valence-corrected chi connectivity index (χ0v) is 7.24. The molecule has 6 nitrogen and oxygen atoms in total. The number of pyridine rings is 1. The van der Waals surface area contributed by atoms with E-state index in [4.69, 9.17) is 5.11 Å². The van der Waals surface area contributed by atoms with Gasteiger partial charge in [0.25, 0.3) is 6.43 Å². The molecule has 0 saturated heterocycles. The Morgan fingerprint density at radius 1 is 1.60 bits per heavy atom. The van der Waals surface area contributed by atoms with E-state index in [9.17, 15) is 23.7 Å². The lowest BCUT2D eigenvalue weighted by atomic mass is 10.1. The van der Waals surface area contributed by atoms with E-state index >= 15 is 0 Å². The summed E-state index contributed by atoms with van der Waals surface area (Å²) in [7, 11) is 0. The van der Waals surface area contributed by atoms with Gasteiger partial charge in [0.15, 0.2) is 0 Å². The van der Waals surface area contributed by atoms with Crippen LogP contribution in [0.4, 0.5) is 14.6 Å². The van der Waals surface area contributed by atoms with E-state index in [0.29, 0.717) is 6.07 Å². The molecule has 0 aliphatic heterocycles. The van der Waals surface area contributed by atoms with E-state index in [1.807, 2.05) is 0 Å². The van der Waals surface area contributed by atoms with Gasteiger partial charge >= 0.3 is 11.4 Å². The highest BCUT2D eigenvalue weighted by Crippen LogP contribution is 2.23. The highest BCUT2D eigenvalue weighted by molar-refractivity contribution is 5.33. The monoisotopic (exact) mass is 220 g/mol. The van der Waals surface area contributed by atoms with Gasteiger partial charge in [-0.1, -0.05) is 0 Å². The summed E-state index contributed by atoms with van der Waals surface area (Å²) in [6, 6.07) is 0.539. The SMILES string of the molecule is O=c1[nH]c([N+](=O)[O-])cc(C(F)F)c1CO. The third kappa shape index (κ3) is 2.15. The van der Waals surface area contributed by atoms with Crippen LogP contribution < -0.4 is 5.56 Å². The van der Waals surface area contributed by atoms with Gasteiger partial charge in [0.1, 0.15) is 0 Å². The Hall–Kier alpha value is -1.83. The molecule has 2 N–H and O–H groups in total. The van der Waals surface area contributed by atoms with Crippen LogP contribution in [-0.4, -0.2) is 15.0 Å². The summed E-state index contributed by atoms with van der Waals surface area (Å²) < 4.78 is 24.7. The van der Waals surface area contributed by atoms with Crippen molar-refractivity contribution in [2.45, 2.75) is 13.0 Å². The minimum absolute atomic E-state index is 0.539. The van der Waals surface area contributed by atoms with Crippen LogP contribution in [-0.2, 0) is 6.61 Å². The number of halogens is 2. The van der Waals surface area contributed by atoms with Gasteiger partial charge < -0.3 is 15.2 Å². The second-order valence-electron chi connectivity index (χ2n) is 2.63. The summed E-state index contributed by atoms with van der Waals surface area (Å²) in [5.74, 6) is -0.826. The number of aliphatic hydroxyl groups is 1. The Bertz CT molecular complexity index is 443. The van der Waals surface area contributed by atoms with E-state index < -0.39 is 40.5 Å². The van der Waals surface area contributed by atoms with Crippen molar-refractivity contribution >= 4 is 5.82 Å². The van der Waals surface area contributed by atoms with Gasteiger partial charge in [-0.15, -0.1) is 0 Å². The molecule has 0 spiro atoms. The van der Waals surface area contributed by atoms with Crippen molar-refractivity contribution in [2.24, 2.45) is 0 Å². The lowest BCUT2D eigenvalue weighted by Crippen LogP contribution is -2.17. The van der Waals surface area contributed by atoms with Crippen molar-refractivity contribution in [3.63, 3.8) is 0 Å². The quantitative estimate of drug-likeness (QED) is 0.579. The van der Waals surface area contributed by atoms with Crippen LogP contribution >= 0.6 is 0 Å². The fourth-order valence-corrected chi connectivity index (χ4v) is 1.05. The summed E-state index contributed by atoms with van der Waals surface area (Å²) in [4.78, 5) is 22.1. The minimum atomic E-state index is -3.05. The lowest BCUT2D eigenvalue weighted by molar-refractivity contribution is -0.389. The fraction of sp³-hybridized carbons (Fsp3) is 0.286. The molecule has 8 heteroatoms. The first-order valence-electron chi connectivity index (χ1n) is 3.77. The number of hydrogen-bond acceptors (Lipinski definition) is 4. The summed E-state index contributed by atoms with van der Waals surface area (Å²) in [6.45, 7) is -0.896. The standard InChI is InChI=1S/C7H6F2N2O4/c8-6(9)3-1-5(11(14)15)10-7(13)4(3)2-12/h1,6,12H,2H2,(H,10,13). The molecule has 0 aliphatic carbocycles. The molecule has 0 aliphatic rings. The molecule has 1 heterocycles. The summed E-state index contributed by atoms with van der Waals surface area (Å²) in [5.41, 5.74) is -2.47. The van der Waals surface area contributed by atoms with E-state index in [1.165, 1.54) is 0 Å². The van der Waals surface area contributed by atoms with E-state index in [-0.39, 0.29) is 0 Å². The van der Waals surface area contributed by atoms with E-state index in [1.54, 1.807) is 4.98 Å². The zero-order chi connectivity index (χ0) is 11.6. The smallest absolute Gasteiger partial charge is 0.337 e. The normalized spacial score (nSPS) is 10.7. The number of hydrogen-bond donors (Lipinski definition) is 2. The number of aromatic amines is 1. The number of nitrogens with one attached hydrogen (secondary N) is 1. The Kier molecular flexibility index (Phi) is 3.10. The summed E-state index contributed by atoms with van der Waals surface area (Å²) in [6.07, 6.45) is -3.05. The predicted molar refractivity (Wildman–Crippen MR) is 44.6 cm³/mol. The van der Waals surface area contributed by atoms with Crippen LogP contribution in [0.1, 0.15) is 17.6 Å². The lowest BCUT2D eigenvalue weighted by Gasteiger charge is -2.04. The van der Waals surface area contributed by atoms with Crippen molar-refractivity contribution in [1.29, 1.82) is 0 Å². The second-order valence-corrected chi connectivity index (χ2v) is 2.63. The molecule has 0 atom stereocenters. The molecule has 15 heavy (non-hydrogen) atoms. The highest BCUT2D eigenvalue weighted by atomic mass is 19.3. The van der Waals surface area contributed by atoms with Crippen LogP contribution in [0.3, 0.4) is 0 Å². The first-order valence-corrected chi connectivity index (χ1v) is 3.77. The van der Waals surface area contributed by atoms with Crippen LogP contribution in [0.2, 0.25) is 0 Å². The molecular weight excluding hydrogens is 214 g/mol. The molecule has 0 amide bonds. The number of aromatic nitrogens is 1. The summed E-state index contributed by atoms with van der Waals surface area (Å²) in [5, 5.41) is 18.9. The van der Waals surface area contributed by atoms with Gasteiger partial charge in [-0.05, 0) is 4.92 Å². The molecule has 1 aromatic heterocycles. The third-order valence-corrected chi connectivity index (χ3v) is 1.75. The second kappa shape index (κ2) is 4.13. The Balaban J connectivity index is 3.46. The molecule has 82 valence electrons. The molecule has 1 aromatic rings. The maximum Gasteiger partial charge on any atom is 0.337 e. The van der Waals surface area contributed by atoms with E-state index in [0.717, 1.165) is 0 Å². The van der Waals surface area contributed by atoms with Gasteiger partial charge in [-0.25, -0.2) is 18.6 Å². The molecule has 0 unspecified atom stereocenters. The maximum absolute atomic E-state index is 12.4. The van der Waals surface area contributed by atoms with Crippen molar-refractivity contribution in [2.75, 3.05) is 0 Å². The first kappa shape index (κ1) is 11.2. The highest BCUT2D eigenvalue weighted by Gasteiger charge is 2.21. The van der Waals surface area contributed by atoms with Crippen LogP contribution in [0.15, 0.2) is 10.9 Å². The fourth-order valence-electron chi connectivity index (χ4n) is 1.05. The summed E-state index contributed by atoms with van der Waals surface area (Å²) >= 11 is 0. The Morgan fingerprint density at radius 2 is 2.20 bits per heavy atom.